The highest BCUT2D eigenvalue weighted by atomic mass is 79.9. The van der Waals surface area contributed by atoms with Crippen molar-refractivity contribution in [1.82, 2.24) is 10.2 Å². The zero-order valence-electron chi connectivity index (χ0n) is 28.3. The summed E-state index contributed by atoms with van der Waals surface area (Å²) in [4.78, 5) is 60.6. The zero-order valence-corrected chi connectivity index (χ0v) is 29.9. The predicted octanol–water partition coefficient (Wildman–Crippen LogP) is 4.67. The van der Waals surface area contributed by atoms with Crippen LogP contribution in [0.25, 0.3) is 0 Å². The van der Waals surface area contributed by atoms with Gasteiger partial charge in [0, 0.05) is 23.1 Å². The van der Waals surface area contributed by atoms with Gasteiger partial charge in [0.15, 0.2) is 0 Å². The largest absolute Gasteiger partial charge is 0.455 e. The van der Waals surface area contributed by atoms with Gasteiger partial charge in [-0.15, -0.1) is 0 Å². The first-order chi connectivity index (χ1) is 23.5. The lowest BCUT2D eigenvalue weighted by molar-refractivity contribution is -0.160. The van der Waals surface area contributed by atoms with Gasteiger partial charge < -0.3 is 29.7 Å². The average molecular weight is 735 g/mol. The van der Waals surface area contributed by atoms with Crippen LogP contribution in [0.1, 0.15) is 55.9 Å². The summed E-state index contributed by atoms with van der Waals surface area (Å²) in [5.41, 5.74) is 1.65. The fraction of sp³-hybridized carbons (Fsp3) is 0.474. The monoisotopic (exact) mass is 733 g/mol. The second kappa shape index (κ2) is 14.2. The van der Waals surface area contributed by atoms with Crippen molar-refractivity contribution in [2.45, 2.75) is 76.9 Å². The third-order valence-corrected chi connectivity index (χ3v) is 11.3. The molecular weight excluding hydrogens is 690 g/mol. The van der Waals surface area contributed by atoms with Crippen molar-refractivity contribution in [2.75, 3.05) is 24.6 Å². The van der Waals surface area contributed by atoms with Crippen LogP contribution in [-0.4, -0.2) is 77.2 Å². The van der Waals surface area contributed by atoms with Gasteiger partial charge in [-0.1, -0.05) is 96.9 Å². The van der Waals surface area contributed by atoms with Crippen molar-refractivity contribution in [3.05, 3.63) is 87.9 Å². The number of hydrogen-bond donors (Lipinski definition) is 2. The van der Waals surface area contributed by atoms with Crippen molar-refractivity contribution in [3.8, 4) is 0 Å². The molecule has 260 valence electrons. The Balaban J connectivity index is 1.52. The Morgan fingerprint density at radius 1 is 1.02 bits per heavy atom. The lowest BCUT2D eigenvalue weighted by Gasteiger charge is -2.40. The van der Waals surface area contributed by atoms with Gasteiger partial charge in [0.1, 0.15) is 29.8 Å². The minimum absolute atomic E-state index is 0.0471. The van der Waals surface area contributed by atoms with Crippen LogP contribution < -0.4 is 10.2 Å². The number of ether oxygens (including phenoxy) is 2. The third-order valence-electron chi connectivity index (χ3n) is 10.6. The van der Waals surface area contributed by atoms with E-state index in [2.05, 4.69) is 21.2 Å². The van der Waals surface area contributed by atoms with Crippen LogP contribution in [0.15, 0.2) is 71.2 Å². The minimum atomic E-state index is -1.49. The molecule has 4 aliphatic rings. The molecular formula is C38H44BrN3O7. The topological polar surface area (TPSA) is 125 Å². The molecule has 6 rings (SSSR count). The molecule has 4 heterocycles. The molecule has 2 aromatic carbocycles. The van der Waals surface area contributed by atoms with Gasteiger partial charge >= 0.3 is 5.97 Å². The van der Waals surface area contributed by atoms with Crippen LogP contribution >= 0.6 is 15.9 Å². The average Bonchev–Trinajstić information content (AvgIpc) is 3.68. The number of likely N-dealkylation sites (tertiary alicyclic amines) is 1. The molecule has 8 atom stereocenters. The van der Waals surface area contributed by atoms with Crippen LogP contribution in [-0.2, 0) is 28.7 Å². The van der Waals surface area contributed by atoms with Crippen molar-refractivity contribution < 1.29 is 33.8 Å². The summed E-state index contributed by atoms with van der Waals surface area (Å²) in [5.74, 6) is -3.98. The number of rotatable bonds is 6. The number of nitrogens with one attached hydrogen (secondary N) is 1. The summed E-state index contributed by atoms with van der Waals surface area (Å²) in [6.45, 7) is 7.65. The molecule has 4 aliphatic heterocycles. The number of para-hydroxylation sites is 1. The molecule has 0 radical (unpaired) electrons. The number of nitrogens with zero attached hydrogens (tertiary/aromatic N) is 2. The molecule has 3 amide bonds. The lowest BCUT2D eigenvalue weighted by atomic mass is 9.74. The van der Waals surface area contributed by atoms with Crippen LogP contribution in [0.5, 0.6) is 0 Å². The van der Waals surface area contributed by atoms with E-state index in [-0.39, 0.29) is 43.8 Å². The molecule has 5 bridgehead atoms. The number of benzene rings is 2. The number of amides is 3. The molecule has 1 spiro atoms. The second-order valence-corrected chi connectivity index (χ2v) is 14.5. The van der Waals surface area contributed by atoms with E-state index in [0.29, 0.717) is 28.6 Å². The number of aliphatic hydroxyl groups is 1. The number of cyclic esters (lactones) is 1. The summed E-state index contributed by atoms with van der Waals surface area (Å²) >= 11 is 3.62. The molecule has 2 N–H and O–H groups in total. The van der Waals surface area contributed by atoms with Crippen molar-refractivity contribution in [3.63, 3.8) is 0 Å². The van der Waals surface area contributed by atoms with Gasteiger partial charge in [-0.05, 0) is 49.0 Å². The highest BCUT2D eigenvalue weighted by Gasteiger charge is 2.75. The number of carbonyl (C=O) groups excluding carboxylic acids is 4. The first-order valence-electron chi connectivity index (χ1n) is 17.1. The third kappa shape index (κ3) is 6.14. The number of carbonyl (C=O) groups is 4. The fourth-order valence-electron chi connectivity index (χ4n) is 7.97. The number of aliphatic hydroxyl groups excluding tert-OH is 1. The normalized spacial score (nSPS) is 30.8. The summed E-state index contributed by atoms with van der Waals surface area (Å²) in [7, 11) is 0. The Hall–Kier alpha value is -3.80. The van der Waals surface area contributed by atoms with E-state index in [1.54, 1.807) is 11.0 Å². The second-order valence-electron chi connectivity index (χ2n) is 13.5. The lowest BCUT2D eigenvalue weighted by Crippen LogP contribution is -2.60. The summed E-state index contributed by atoms with van der Waals surface area (Å²) in [5, 5.41) is 13.7. The molecule has 0 unspecified atom stereocenters. The number of anilines is 1. The smallest absolute Gasteiger partial charge is 0.313 e. The molecule has 0 aliphatic carbocycles. The number of allylic oxidation sites excluding steroid dienone is 1. The standard InChI is InChI=1S/C38H44BrN3O7/c1-5-22(2)27(21-43)42-34-36(46)41(32-23(3)13-12-14-24(32)4)18-11-7-10-17-29(44)40-20-28(25-15-8-6-9-16-25)48-37(47)30-31(35(42)45)38(34)19-26(39)33(30)49-38/h6-9,11-16,19,22,27-28,30-31,33-34,43H,5,10,17-18,20-21H2,1-4H3,(H,40,44)/b11-7-/t22-,27-,28+,30+,31-,33+,34+,38-/m0/s1. The van der Waals surface area contributed by atoms with E-state index in [4.69, 9.17) is 9.47 Å². The number of fused-ring (bicyclic) bond motifs is 2. The van der Waals surface area contributed by atoms with Gasteiger partial charge in [0.25, 0.3) is 5.91 Å². The van der Waals surface area contributed by atoms with Crippen molar-refractivity contribution >= 4 is 45.3 Å². The first kappa shape index (κ1) is 35.0. The Labute approximate surface area is 295 Å². The summed E-state index contributed by atoms with van der Waals surface area (Å²) in [6.07, 6.45) is 5.13. The number of hydrogen-bond acceptors (Lipinski definition) is 7. The maximum absolute atomic E-state index is 15.3. The highest BCUT2D eigenvalue weighted by molar-refractivity contribution is 9.11. The van der Waals surface area contributed by atoms with E-state index in [1.807, 2.05) is 88.4 Å². The molecule has 2 aromatic rings. The van der Waals surface area contributed by atoms with E-state index < -0.39 is 53.6 Å². The van der Waals surface area contributed by atoms with Crippen molar-refractivity contribution in [2.24, 2.45) is 17.8 Å². The van der Waals surface area contributed by atoms with Crippen LogP contribution in [0.4, 0.5) is 5.69 Å². The molecule has 11 heteroatoms. The number of esters is 1. The van der Waals surface area contributed by atoms with Gasteiger partial charge in [0.05, 0.1) is 25.1 Å². The van der Waals surface area contributed by atoms with Gasteiger partial charge in [-0.2, -0.15) is 0 Å². The van der Waals surface area contributed by atoms with E-state index in [1.165, 1.54) is 4.90 Å². The van der Waals surface area contributed by atoms with E-state index in [0.717, 1.165) is 11.1 Å². The Bertz CT molecular complexity index is 1660. The summed E-state index contributed by atoms with van der Waals surface area (Å²) < 4.78 is 13.4. The van der Waals surface area contributed by atoms with Crippen molar-refractivity contribution in [1.29, 1.82) is 0 Å². The SMILES string of the molecule is CC[C@H](C)[C@H](CO)N1C(=O)[C@@H]2[C@H]3C(=O)O[C@@H](c4ccccc4)CNC(=O)CC/C=C\CN(c4c(C)cccc4C)C(=O)[C@@H]1[C@]21C=C(Br)[C@H]3O1. The summed E-state index contributed by atoms with van der Waals surface area (Å²) in [6, 6.07) is 13.1. The Morgan fingerprint density at radius 3 is 2.41 bits per heavy atom. The van der Waals surface area contributed by atoms with Gasteiger partial charge in [0.2, 0.25) is 11.8 Å². The Morgan fingerprint density at radius 2 is 1.73 bits per heavy atom. The first-order valence-corrected chi connectivity index (χ1v) is 17.9. The van der Waals surface area contributed by atoms with Crippen LogP contribution in [0.3, 0.4) is 0 Å². The molecule has 2 saturated heterocycles. The molecule has 0 saturated carbocycles. The van der Waals surface area contributed by atoms with Gasteiger partial charge in [-0.3, -0.25) is 19.2 Å². The van der Waals surface area contributed by atoms with Crippen LogP contribution in [0.2, 0.25) is 0 Å². The number of halogens is 1. The quantitative estimate of drug-likeness (QED) is 0.327. The Kier molecular flexibility index (Phi) is 10.2. The zero-order chi connectivity index (χ0) is 35.0. The molecule has 49 heavy (non-hydrogen) atoms. The maximum atomic E-state index is 15.3. The highest BCUT2D eigenvalue weighted by Crippen LogP contribution is 2.59. The fourth-order valence-corrected chi connectivity index (χ4v) is 8.70. The van der Waals surface area contributed by atoms with E-state index >= 15 is 4.79 Å². The molecule has 10 nitrogen and oxygen atoms in total. The number of aryl methyl sites for hydroxylation is 2. The minimum Gasteiger partial charge on any atom is -0.455 e. The molecule has 0 aromatic heterocycles. The maximum Gasteiger partial charge on any atom is 0.313 e. The molecule has 2 fully saturated rings. The van der Waals surface area contributed by atoms with Crippen LogP contribution in [0, 0.1) is 31.6 Å². The predicted molar refractivity (Wildman–Crippen MR) is 187 cm³/mol. The van der Waals surface area contributed by atoms with E-state index in [9.17, 15) is 19.5 Å². The van der Waals surface area contributed by atoms with Gasteiger partial charge in [-0.25, -0.2) is 0 Å².